The monoisotopic (exact) mass is 179 g/mol. The van der Waals surface area contributed by atoms with Crippen LogP contribution in [0.2, 0.25) is 0 Å². The third-order valence-corrected chi connectivity index (χ3v) is 1.58. The molecular formula is C8H15F2NO. The van der Waals surface area contributed by atoms with Gasteiger partial charge in [-0.1, -0.05) is 19.8 Å². The molecular weight excluding hydrogens is 164 g/mol. The van der Waals surface area contributed by atoms with E-state index in [4.69, 9.17) is 0 Å². The minimum absolute atomic E-state index is 0.147. The molecule has 12 heavy (non-hydrogen) atoms. The Balaban J connectivity index is 3.54. The summed E-state index contributed by atoms with van der Waals surface area (Å²) in [5.41, 5.74) is 0. The van der Waals surface area contributed by atoms with Crippen LogP contribution in [0.5, 0.6) is 0 Å². The molecule has 0 heterocycles. The fraction of sp³-hybridized carbons (Fsp3) is 0.875. The molecule has 0 saturated heterocycles. The van der Waals surface area contributed by atoms with E-state index in [9.17, 15) is 13.6 Å². The van der Waals surface area contributed by atoms with Crippen LogP contribution in [-0.2, 0) is 4.79 Å². The van der Waals surface area contributed by atoms with Gasteiger partial charge in [-0.2, -0.15) is 8.78 Å². The van der Waals surface area contributed by atoms with Gasteiger partial charge < -0.3 is 5.32 Å². The quantitative estimate of drug-likeness (QED) is 0.686. The zero-order valence-corrected chi connectivity index (χ0v) is 7.44. The lowest BCUT2D eigenvalue weighted by Gasteiger charge is -2.12. The smallest absolute Gasteiger partial charge is 0.315 e. The molecule has 4 heteroatoms. The van der Waals surface area contributed by atoms with Crippen molar-refractivity contribution in [2.45, 2.75) is 45.6 Å². The molecule has 0 aliphatic rings. The van der Waals surface area contributed by atoms with Gasteiger partial charge in [-0.05, 0) is 13.3 Å². The third-order valence-electron chi connectivity index (χ3n) is 1.58. The molecule has 0 fully saturated rings. The molecule has 1 amide bonds. The van der Waals surface area contributed by atoms with Crippen LogP contribution in [0, 0.1) is 0 Å². The van der Waals surface area contributed by atoms with Gasteiger partial charge in [0.05, 0.1) is 0 Å². The number of carbonyl (C=O) groups excluding carboxylic acids is 1. The first-order valence-corrected chi connectivity index (χ1v) is 4.16. The lowest BCUT2D eigenvalue weighted by molar-refractivity contribution is -0.132. The molecule has 72 valence electrons. The van der Waals surface area contributed by atoms with Gasteiger partial charge in [0.1, 0.15) is 0 Å². The van der Waals surface area contributed by atoms with E-state index in [1.807, 2.05) is 6.92 Å². The van der Waals surface area contributed by atoms with E-state index >= 15 is 0 Å². The van der Waals surface area contributed by atoms with E-state index in [-0.39, 0.29) is 6.04 Å². The molecule has 0 radical (unpaired) electrons. The fourth-order valence-corrected chi connectivity index (χ4v) is 0.888. The molecule has 2 nitrogen and oxygen atoms in total. The Kier molecular flexibility index (Phi) is 5.58. The van der Waals surface area contributed by atoms with Gasteiger partial charge in [-0.3, -0.25) is 4.79 Å². The lowest BCUT2D eigenvalue weighted by atomic mass is 10.1. The third kappa shape index (κ3) is 5.04. The molecule has 1 N–H and O–H groups in total. The van der Waals surface area contributed by atoms with Gasteiger partial charge in [-0.15, -0.1) is 0 Å². The second-order valence-electron chi connectivity index (χ2n) is 2.85. The molecule has 0 aliphatic heterocycles. The van der Waals surface area contributed by atoms with Crippen LogP contribution >= 0.6 is 0 Å². The summed E-state index contributed by atoms with van der Waals surface area (Å²) in [6.07, 6.45) is -0.178. The van der Waals surface area contributed by atoms with Crippen molar-refractivity contribution < 1.29 is 13.6 Å². The normalized spacial score (nSPS) is 13.1. The second-order valence-corrected chi connectivity index (χ2v) is 2.85. The van der Waals surface area contributed by atoms with Crippen LogP contribution in [0.1, 0.15) is 33.1 Å². The maximum Gasteiger partial charge on any atom is 0.315 e. The maximum absolute atomic E-state index is 11.7. The largest absolute Gasteiger partial charge is 0.349 e. The topological polar surface area (TPSA) is 29.1 Å². The number of carbonyl (C=O) groups is 1. The first-order valence-electron chi connectivity index (χ1n) is 4.16. The summed E-state index contributed by atoms with van der Waals surface area (Å²) < 4.78 is 23.4. The van der Waals surface area contributed by atoms with Crippen LogP contribution in [-0.4, -0.2) is 18.4 Å². The van der Waals surface area contributed by atoms with E-state index in [1.165, 1.54) is 0 Å². The number of amides is 1. The number of hydrogen-bond donors (Lipinski definition) is 1. The van der Waals surface area contributed by atoms with Crippen molar-refractivity contribution in [1.82, 2.24) is 5.32 Å². The van der Waals surface area contributed by atoms with Crippen molar-refractivity contribution in [3.63, 3.8) is 0 Å². The molecule has 0 bridgehead atoms. The van der Waals surface area contributed by atoms with Crippen LogP contribution in [0.25, 0.3) is 0 Å². The van der Waals surface area contributed by atoms with Crippen LogP contribution in [0.4, 0.5) is 8.78 Å². The highest BCUT2D eigenvalue weighted by Crippen LogP contribution is 2.00. The van der Waals surface area contributed by atoms with E-state index in [0.29, 0.717) is 0 Å². The summed E-state index contributed by atoms with van der Waals surface area (Å²) in [4.78, 5) is 10.5. The first-order chi connectivity index (χ1) is 5.57. The molecule has 1 unspecified atom stereocenters. The number of halogens is 2. The highest BCUT2D eigenvalue weighted by atomic mass is 19.3. The highest BCUT2D eigenvalue weighted by Gasteiger charge is 2.16. The van der Waals surface area contributed by atoms with Crippen molar-refractivity contribution >= 4 is 5.91 Å². The predicted molar refractivity (Wildman–Crippen MR) is 43.1 cm³/mol. The van der Waals surface area contributed by atoms with E-state index in [1.54, 1.807) is 6.92 Å². The molecule has 0 rings (SSSR count). The number of rotatable bonds is 5. The zero-order chi connectivity index (χ0) is 9.56. The summed E-state index contributed by atoms with van der Waals surface area (Å²) in [7, 11) is 0. The van der Waals surface area contributed by atoms with Crippen LogP contribution < -0.4 is 5.32 Å². The highest BCUT2D eigenvalue weighted by molar-refractivity contribution is 5.79. The van der Waals surface area contributed by atoms with Gasteiger partial charge in [0, 0.05) is 6.04 Å². The standard InChI is InChI=1S/C8H15F2NO/c1-3-4-5-6(2)11-8(12)7(9)10/h6-7H,3-5H2,1-2H3,(H,11,12). The predicted octanol–water partition coefficient (Wildman–Crippen LogP) is 1.95. The minimum atomic E-state index is -2.89. The second kappa shape index (κ2) is 5.91. The number of alkyl halides is 2. The molecule has 0 saturated carbocycles. The van der Waals surface area contributed by atoms with Gasteiger partial charge >= 0.3 is 6.43 Å². The lowest BCUT2D eigenvalue weighted by Crippen LogP contribution is -2.36. The SMILES string of the molecule is CCCCC(C)NC(=O)C(F)F. The Labute approximate surface area is 71.3 Å². The average molecular weight is 179 g/mol. The van der Waals surface area contributed by atoms with Crippen molar-refractivity contribution in [1.29, 1.82) is 0 Å². The molecule has 0 aliphatic carbocycles. The average Bonchev–Trinajstić information content (AvgIpc) is 2.00. The molecule has 1 atom stereocenters. The van der Waals surface area contributed by atoms with Crippen LogP contribution in [0.15, 0.2) is 0 Å². The Bertz CT molecular complexity index is 139. The fourth-order valence-electron chi connectivity index (χ4n) is 0.888. The van der Waals surface area contributed by atoms with E-state index < -0.39 is 12.3 Å². The van der Waals surface area contributed by atoms with Crippen LogP contribution in [0.3, 0.4) is 0 Å². The Morgan fingerprint density at radius 1 is 1.50 bits per heavy atom. The number of nitrogens with one attached hydrogen (secondary N) is 1. The van der Waals surface area contributed by atoms with Crippen molar-refractivity contribution in [2.24, 2.45) is 0 Å². The Hall–Kier alpha value is -0.670. The van der Waals surface area contributed by atoms with Gasteiger partial charge in [-0.25, -0.2) is 0 Å². The molecule has 0 aromatic carbocycles. The van der Waals surface area contributed by atoms with E-state index in [2.05, 4.69) is 5.32 Å². The first kappa shape index (κ1) is 11.3. The van der Waals surface area contributed by atoms with E-state index in [0.717, 1.165) is 19.3 Å². The summed E-state index contributed by atoms with van der Waals surface area (Å²) >= 11 is 0. The summed E-state index contributed by atoms with van der Waals surface area (Å²) in [5, 5.41) is 2.23. The summed E-state index contributed by atoms with van der Waals surface area (Å²) in [6, 6.07) is -0.147. The molecule has 0 aromatic heterocycles. The summed E-state index contributed by atoms with van der Waals surface area (Å²) in [5.74, 6) is -1.17. The molecule has 0 spiro atoms. The van der Waals surface area contributed by atoms with Gasteiger partial charge in [0.2, 0.25) is 0 Å². The number of unbranched alkanes of at least 4 members (excludes halogenated alkanes) is 1. The number of hydrogen-bond acceptors (Lipinski definition) is 1. The summed E-state index contributed by atoms with van der Waals surface area (Å²) in [6.45, 7) is 3.75. The van der Waals surface area contributed by atoms with Crippen molar-refractivity contribution in [3.8, 4) is 0 Å². The van der Waals surface area contributed by atoms with Crippen molar-refractivity contribution in [3.05, 3.63) is 0 Å². The Morgan fingerprint density at radius 2 is 2.08 bits per heavy atom. The minimum Gasteiger partial charge on any atom is -0.349 e. The van der Waals surface area contributed by atoms with Gasteiger partial charge in [0.25, 0.3) is 5.91 Å². The van der Waals surface area contributed by atoms with Crippen molar-refractivity contribution in [2.75, 3.05) is 0 Å². The maximum atomic E-state index is 11.7. The zero-order valence-electron chi connectivity index (χ0n) is 7.44. The van der Waals surface area contributed by atoms with Gasteiger partial charge in [0.15, 0.2) is 0 Å². The molecule has 0 aromatic rings. The Morgan fingerprint density at radius 3 is 2.50 bits per heavy atom.